The second-order valence-electron chi connectivity index (χ2n) is 6.05. The Morgan fingerprint density at radius 2 is 1.50 bits per heavy atom. The van der Waals surface area contributed by atoms with Gasteiger partial charge in [-0.05, 0) is 0 Å². The Balaban J connectivity index is 2.95. The molecule has 0 aliphatic rings. The number of thiophene rings is 1. The van der Waals surface area contributed by atoms with Gasteiger partial charge in [0, 0.05) is 0 Å². The normalized spacial score (nSPS) is 11.8. The van der Waals surface area contributed by atoms with Crippen LogP contribution in [-0.2, 0) is 0 Å². The van der Waals surface area contributed by atoms with Crippen molar-refractivity contribution in [2.75, 3.05) is 0 Å². The van der Waals surface area contributed by atoms with Crippen LogP contribution in [0.3, 0.4) is 0 Å². The van der Waals surface area contributed by atoms with Gasteiger partial charge in [-0.15, -0.1) is 0 Å². The van der Waals surface area contributed by atoms with Crippen LogP contribution in [0.1, 0.15) is 64.2 Å². The molecule has 0 unspecified atom stereocenters. The van der Waals surface area contributed by atoms with Crippen molar-refractivity contribution in [2.24, 2.45) is 0 Å². The molecule has 0 amide bonds. The van der Waals surface area contributed by atoms with Gasteiger partial charge in [-0.1, -0.05) is 0 Å². The molecule has 0 atom stereocenters. The summed E-state index contributed by atoms with van der Waals surface area (Å²) in [5, 5.41) is 2.22. The fourth-order valence-electron chi connectivity index (χ4n) is 3.08. The van der Waals surface area contributed by atoms with Crippen LogP contribution in [0.2, 0.25) is 13.3 Å². The van der Waals surface area contributed by atoms with Crippen molar-refractivity contribution in [3.8, 4) is 0 Å². The third-order valence-electron chi connectivity index (χ3n) is 4.49. The van der Waals surface area contributed by atoms with Gasteiger partial charge in [-0.2, -0.15) is 0 Å². The average Bonchev–Trinajstić information content (AvgIpc) is 3.00. The van der Waals surface area contributed by atoms with Gasteiger partial charge in [-0.25, -0.2) is 0 Å². The zero-order valence-electron chi connectivity index (χ0n) is 13.7. The quantitative estimate of drug-likeness (QED) is 0.347. The van der Waals surface area contributed by atoms with Crippen LogP contribution in [0, 0.1) is 0 Å². The van der Waals surface area contributed by atoms with Crippen molar-refractivity contribution in [2.45, 2.75) is 72.6 Å². The van der Waals surface area contributed by atoms with E-state index in [2.05, 4.69) is 44.9 Å². The number of hydrogen-bond donors (Lipinski definition) is 0. The Kier molecular flexibility index (Phi) is 9.19. The molecule has 20 heavy (non-hydrogen) atoms. The monoisotopic (exact) mass is 400 g/mol. The van der Waals surface area contributed by atoms with Crippen LogP contribution in [0.4, 0.5) is 0 Å². The summed E-state index contributed by atoms with van der Waals surface area (Å²) < 4.78 is 6.22. The Morgan fingerprint density at radius 3 is 1.85 bits per heavy atom. The number of rotatable bonds is 11. The molecule has 1 rings (SSSR count). The Labute approximate surface area is 134 Å². The molecule has 114 valence electrons. The van der Waals surface area contributed by atoms with Crippen LogP contribution >= 0.6 is 11.3 Å². The van der Waals surface area contributed by atoms with Gasteiger partial charge in [0.25, 0.3) is 0 Å². The molecule has 0 fully saturated rings. The van der Waals surface area contributed by atoms with Gasteiger partial charge in [0.15, 0.2) is 0 Å². The van der Waals surface area contributed by atoms with Crippen LogP contribution in [0.15, 0.2) is 24.1 Å². The molecule has 0 saturated carbocycles. The average molecular weight is 399 g/mol. The molecule has 0 bridgehead atoms. The van der Waals surface area contributed by atoms with Crippen molar-refractivity contribution in [1.29, 1.82) is 0 Å². The first-order valence-electron chi connectivity index (χ1n) is 8.43. The molecule has 1 aromatic heterocycles. The Hall–Kier alpha value is 0.239. The number of hydrogen-bond acceptors (Lipinski definition) is 1. The molecule has 0 radical (unpaired) electrons. The summed E-state index contributed by atoms with van der Waals surface area (Å²) in [6.07, 6.45) is 8.30. The van der Waals surface area contributed by atoms with Gasteiger partial charge in [-0.3, -0.25) is 0 Å². The zero-order valence-corrected chi connectivity index (χ0v) is 17.4. The second-order valence-corrected chi connectivity index (χ2v) is 20.3. The molecular formula is C18H32SSn. The van der Waals surface area contributed by atoms with Crippen molar-refractivity contribution < 1.29 is 0 Å². The van der Waals surface area contributed by atoms with Gasteiger partial charge in [0.05, 0.1) is 0 Å². The first-order chi connectivity index (χ1) is 9.70. The fraction of sp³-hybridized carbons (Fsp3) is 0.667. The molecule has 1 aromatic rings. The zero-order chi connectivity index (χ0) is 14.8. The summed E-state index contributed by atoms with van der Waals surface area (Å²) >= 11 is -0.312. The minimum absolute atomic E-state index is 1.34. The molecular weight excluding hydrogens is 367 g/mol. The molecule has 0 nitrogen and oxygen atoms in total. The summed E-state index contributed by atoms with van der Waals surface area (Å²) in [5.74, 6) is 0. The predicted molar refractivity (Wildman–Crippen MR) is 98.3 cm³/mol. The molecule has 0 aliphatic carbocycles. The topological polar surface area (TPSA) is 0 Å². The predicted octanol–water partition coefficient (Wildman–Crippen LogP) is 7.15. The second kappa shape index (κ2) is 10.0. The fourth-order valence-corrected chi connectivity index (χ4v) is 20.9. The SMILES string of the molecule is C=[C](c1cccs1)[Sn]([CH2]CCC)([CH2]CCC)[CH2]CCC. The first-order valence-corrected chi connectivity index (χ1v) is 16.8. The van der Waals surface area contributed by atoms with Gasteiger partial charge in [0.2, 0.25) is 0 Å². The van der Waals surface area contributed by atoms with Crippen LogP contribution in [-0.4, -0.2) is 18.4 Å². The van der Waals surface area contributed by atoms with Crippen LogP contribution < -0.4 is 0 Å². The molecule has 0 spiro atoms. The minimum atomic E-state index is -2.22. The summed E-state index contributed by atoms with van der Waals surface area (Å²) in [6, 6.07) is 4.50. The molecule has 0 aliphatic heterocycles. The molecule has 0 N–H and O–H groups in total. The van der Waals surface area contributed by atoms with Crippen molar-refractivity contribution in [3.05, 3.63) is 29.0 Å². The Bertz CT molecular complexity index is 345. The Morgan fingerprint density at radius 1 is 1.00 bits per heavy atom. The molecule has 1 heterocycles. The van der Waals surface area contributed by atoms with E-state index in [0.717, 1.165) is 0 Å². The summed E-state index contributed by atoms with van der Waals surface area (Å²) in [6.45, 7) is 11.6. The van der Waals surface area contributed by atoms with Crippen molar-refractivity contribution in [3.63, 3.8) is 0 Å². The van der Waals surface area contributed by atoms with E-state index in [1.54, 1.807) is 3.59 Å². The summed E-state index contributed by atoms with van der Waals surface area (Å²) in [5.41, 5.74) is 0. The van der Waals surface area contributed by atoms with E-state index in [1.165, 1.54) is 56.7 Å². The summed E-state index contributed by atoms with van der Waals surface area (Å²) in [4.78, 5) is 1.50. The van der Waals surface area contributed by atoms with Gasteiger partial charge in [0.1, 0.15) is 0 Å². The maximum absolute atomic E-state index is 4.63. The van der Waals surface area contributed by atoms with Gasteiger partial charge >= 0.3 is 135 Å². The summed E-state index contributed by atoms with van der Waals surface area (Å²) in [7, 11) is 0. The van der Waals surface area contributed by atoms with E-state index < -0.39 is 18.4 Å². The van der Waals surface area contributed by atoms with Gasteiger partial charge < -0.3 is 0 Å². The maximum atomic E-state index is 4.63. The van der Waals surface area contributed by atoms with E-state index in [9.17, 15) is 0 Å². The molecule has 2 heteroatoms. The molecule has 0 aromatic carbocycles. The van der Waals surface area contributed by atoms with E-state index in [-0.39, 0.29) is 0 Å². The van der Waals surface area contributed by atoms with Crippen molar-refractivity contribution >= 4 is 33.3 Å². The standard InChI is InChI=1S/C6H5S.3C4H9.Sn/c1-2-6-4-3-5-7-6;3*1-3-4-2;/h3-5H,1H2;3*1,3-4H2,2H3;. The van der Waals surface area contributed by atoms with E-state index in [1.807, 2.05) is 11.3 Å². The van der Waals surface area contributed by atoms with Crippen LogP contribution in [0.5, 0.6) is 0 Å². The van der Waals surface area contributed by atoms with Crippen molar-refractivity contribution in [1.82, 2.24) is 0 Å². The third-order valence-corrected chi connectivity index (χ3v) is 21.6. The van der Waals surface area contributed by atoms with E-state index in [0.29, 0.717) is 0 Å². The van der Waals surface area contributed by atoms with E-state index in [4.69, 9.17) is 0 Å². The number of unbranched alkanes of at least 4 members (excludes halogenated alkanes) is 3. The third kappa shape index (κ3) is 5.21. The molecule has 0 saturated heterocycles. The first kappa shape index (κ1) is 18.3. The van der Waals surface area contributed by atoms with E-state index >= 15 is 0 Å². The van der Waals surface area contributed by atoms with Crippen LogP contribution in [0.25, 0.3) is 3.59 Å².